The highest BCUT2D eigenvalue weighted by atomic mass is 32.2. The summed E-state index contributed by atoms with van der Waals surface area (Å²) in [5.41, 5.74) is 1.29. The van der Waals surface area contributed by atoms with Crippen LogP contribution in [0.4, 0.5) is 0 Å². The third-order valence-electron chi connectivity index (χ3n) is 4.29. The van der Waals surface area contributed by atoms with E-state index in [0.717, 1.165) is 35.6 Å². The Hall–Kier alpha value is -2.00. The maximum Gasteiger partial charge on any atom is 0.231 e. The molecule has 1 aromatic heterocycles. The molecule has 23 heavy (non-hydrogen) atoms. The van der Waals surface area contributed by atoms with Crippen LogP contribution in [-0.4, -0.2) is 26.8 Å². The van der Waals surface area contributed by atoms with E-state index in [1.165, 1.54) is 11.8 Å². The SMILES string of the molecule is CCn1c(SCC(=O)N[C@](C)(C#N)C2CC2)nc2ccccc21. The van der Waals surface area contributed by atoms with Gasteiger partial charge >= 0.3 is 0 Å². The molecular weight excluding hydrogens is 308 g/mol. The predicted molar refractivity (Wildman–Crippen MR) is 91.0 cm³/mol. The molecule has 6 heteroatoms. The highest BCUT2D eigenvalue weighted by Crippen LogP contribution is 2.39. The van der Waals surface area contributed by atoms with Gasteiger partial charge in [0.1, 0.15) is 5.54 Å². The van der Waals surface area contributed by atoms with Gasteiger partial charge in [-0.15, -0.1) is 0 Å². The first-order valence-corrected chi connectivity index (χ1v) is 8.86. The van der Waals surface area contributed by atoms with Gasteiger partial charge < -0.3 is 9.88 Å². The number of para-hydroxylation sites is 2. The van der Waals surface area contributed by atoms with Crippen LogP contribution in [0.25, 0.3) is 11.0 Å². The van der Waals surface area contributed by atoms with E-state index < -0.39 is 5.54 Å². The molecule has 0 radical (unpaired) electrons. The van der Waals surface area contributed by atoms with E-state index in [1.807, 2.05) is 31.2 Å². The minimum absolute atomic E-state index is 0.111. The minimum Gasteiger partial charge on any atom is -0.337 e. The number of hydrogen-bond donors (Lipinski definition) is 1. The second kappa shape index (κ2) is 6.25. The van der Waals surface area contributed by atoms with E-state index in [4.69, 9.17) is 0 Å². The molecule has 1 aliphatic rings. The average Bonchev–Trinajstić information content (AvgIpc) is 3.34. The molecule has 0 bridgehead atoms. The molecule has 1 fully saturated rings. The van der Waals surface area contributed by atoms with Gasteiger partial charge in [-0.3, -0.25) is 4.79 Å². The number of fused-ring (bicyclic) bond motifs is 1. The topological polar surface area (TPSA) is 70.7 Å². The number of thioether (sulfide) groups is 1. The lowest BCUT2D eigenvalue weighted by atomic mass is 9.98. The first-order valence-electron chi connectivity index (χ1n) is 7.87. The third kappa shape index (κ3) is 3.20. The van der Waals surface area contributed by atoms with Gasteiger partial charge in [0.05, 0.1) is 22.9 Å². The lowest BCUT2D eigenvalue weighted by molar-refractivity contribution is -0.119. The maximum atomic E-state index is 12.2. The van der Waals surface area contributed by atoms with Gasteiger partial charge in [0, 0.05) is 6.54 Å². The van der Waals surface area contributed by atoms with Gasteiger partial charge in [-0.2, -0.15) is 5.26 Å². The monoisotopic (exact) mass is 328 g/mol. The molecule has 0 saturated heterocycles. The van der Waals surface area contributed by atoms with Crippen LogP contribution in [0.1, 0.15) is 26.7 Å². The largest absolute Gasteiger partial charge is 0.337 e. The summed E-state index contributed by atoms with van der Waals surface area (Å²) < 4.78 is 2.11. The molecule has 1 heterocycles. The van der Waals surface area contributed by atoms with Crippen molar-refractivity contribution < 1.29 is 4.79 Å². The van der Waals surface area contributed by atoms with E-state index in [1.54, 1.807) is 0 Å². The van der Waals surface area contributed by atoms with Crippen LogP contribution in [0.15, 0.2) is 29.4 Å². The maximum absolute atomic E-state index is 12.2. The summed E-state index contributed by atoms with van der Waals surface area (Å²) in [5.74, 6) is 0.454. The van der Waals surface area contributed by atoms with Crippen LogP contribution < -0.4 is 5.32 Å². The fraction of sp³-hybridized carbons (Fsp3) is 0.471. The van der Waals surface area contributed by atoms with Crippen molar-refractivity contribution in [3.8, 4) is 6.07 Å². The van der Waals surface area contributed by atoms with Gasteiger partial charge in [-0.1, -0.05) is 23.9 Å². The highest BCUT2D eigenvalue weighted by molar-refractivity contribution is 7.99. The Bertz CT molecular complexity index is 774. The molecule has 1 saturated carbocycles. The Morgan fingerprint density at radius 1 is 1.52 bits per heavy atom. The van der Waals surface area contributed by atoms with Gasteiger partial charge in [0.25, 0.3) is 0 Å². The van der Waals surface area contributed by atoms with Crippen molar-refractivity contribution in [2.45, 2.75) is 43.9 Å². The molecule has 0 spiro atoms. The van der Waals surface area contributed by atoms with Crippen molar-refractivity contribution in [1.29, 1.82) is 5.26 Å². The number of hydrogen-bond acceptors (Lipinski definition) is 4. The van der Waals surface area contributed by atoms with Crippen molar-refractivity contribution in [2.75, 3.05) is 5.75 Å². The van der Waals surface area contributed by atoms with E-state index in [-0.39, 0.29) is 11.7 Å². The lowest BCUT2D eigenvalue weighted by Gasteiger charge is -2.22. The number of nitrogens with zero attached hydrogens (tertiary/aromatic N) is 3. The van der Waals surface area contributed by atoms with Gasteiger partial charge in [0.2, 0.25) is 5.91 Å². The number of carbonyl (C=O) groups is 1. The van der Waals surface area contributed by atoms with Crippen LogP contribution in [-0.2, 0) is 11.3 Å². The molecule has 2 aromatic rings. The van der Waals surface area contributed by atoms with Crippen molar-refractivity contribution >= 4 is 28.7 Å². The molecule has 1 amide bonds. The Balaban J connectivity index is 1.68. The molecular formula is C17H20N4OS. The first kappa shape index (κ1) is 15.9. The Morgan fingerprint density at radius 2 is 2.26 bits per heavy atom. The molecule has 1 aromatic carbocycles. The molecule has 1 atom stereocenters. The van der Waals surface area contributed by atoms with Crippen molar-refractivity contribution in [3.63, 3.8) is 0 Å². The standard InChI is InChI=1S/C17H20N4OS/c1-3-21-14-7-5-4-6-13(14)19-16(21)23-10-15(22)20-17(2,11-18)12-8-9-12/h4-7,12H,3,8-10H2,1-2H3,(H,20,22)/t17-/m1/s1. The highest BCUT2D eigenvalue weighted by Gasteiger charge is 2.42. The first-order chi connectivity index (χ1) is 11.1. The second-order valence-electron chi connectivity index (χ2n) is 6.05. The van der Waals surface area contributed by atoms with Crippen LogP contribution in [0.2, 0.25) is 0 Å². The number of imidazole rings is 1. The van der Waals surface area contributed by atoms with Crippen LogP contribution in [0.3, 0.4) is 0 Å². The predicted octanol–water partition coefficient (Wildman–Crippen LogP) is 2.96. The summed E-state index contributed by atoms with van der Waals surface area (Å²) in [6.07, 6.45) is 2.03. The van der Waals surface area contributed by atoms with Crippen molar-refractivity contribution in [3.05, 3.63) is 24.3 Å². The Kier molecular flexibility index (Phi) is 4.31. The molecule has 3 rings (SSSR count). The summed E-state index contributed by atoms with van der Waals surface area (Å²) in [4.78, 5) is 16.8. The zero-order valence-electron chi connectivity index (χ0n) is 13.4. The zero-order valence-corrected chi connectivity index (χ0v) is 14.2. The number of aryl methyl sites for hydroxylation is 1. The number of rotatable bonds is 6. The van der Waals surface area contributed by atoms with Crippen LogP contribution >= 0.6 is 11.8 Å². The molecule has 0 unspecified atom stereocenters. The van der Waals surface area contributed by atoms with E-state index in [2.05, 4.69) is 27.9 Å². The Morgan fingerprint density at radius 3 is 2.91 bits per heavy atom. The molecule has 1 N–H and O–H groups in total. The van der Waals surface area contributed by atoms with Gasteiger partial charge in [-0.25, -0.2) is 4.98 Å². The number of benzene rings is 1. The summed E-state index contributed by atoms with van der Waals surface area (Å²) in [7, 11) is 0. The molecule has 5 nitrogen and oxygen atoms in total. The molecule has 1 aliphatic carbocycles. The van der Waals surface area contributed by atoms with Crippen molar-refractivity contribution in [2.24, 2.45) is 5.92 Å². The minimum atomic E-state index is -0.734. The Labute approximate surface area is 140 Å². The van der Waals surface area contributed by atoms with Crippen LogP contribution in [0, 0.1) is 17.2 Å². The van der Waals surface area contributed by atoms with E-state index >= 15 is 0 Å². The second-order valence-corrected chi connectivity index (χ2v) is 7.00. The van der Waals surface area contributed by atoms with Crippen LogP contribution in [0.5, 0.6) is 0 Å². The van der Waals surface area contributed by atoms with E-state index in [9.17, 15) is 10.1 Å². The number of nitrogens with one attached hydrogen (secondary N) is 1. The normalized spacial score (nSPS) is 16.7. The zero-order chi connectivity index (χ0) is 16.4. The van der Waals surface area contributed by atoms with E-state index in [0.29, 0.717) is 5.92 Å². The van der Waals surface area contributed by atoms with Gasteiger partial charge in [0.15, 0.2) is 5.16 Å². The quantitative estimate of drug-likeness (QED) is 0.828. The summed E-state index contributed by atoms with van der Waals surface area (Å²) in [5, 5.41) is 13.0. The molecule has 120 valence electrons. The average molecular weight is 328 g/mol. The fourth-order valence-electron chi connectivity index (χ4n) is 2.81. The summed E-state index contributed by atoms with van der Waals surface area (Å²) in [6.45, 7) is 4.69. The number of carbonyl (C=O) groups excluding carboxylic acids is 1. The van der Waals surface area contributed by atoms with Crippen molar-refractivity contribution in [1.82, 2.24) is 14.9 Å². The number of nitriles is 1. The lowest BCUT2D eigenvalue weighted by Crippen LogP contribution is -2.47. The summed E-state index contributed by atoms with van der Waals surface area (Å²) >= 11 is 1.42. The van der Waals surface area contributed by atoms with Gasteiger partial charge in [-0.05, 0) is 44.7 Å². The number of aromatic nitrogens is 2. The number of amides is 1. The molecule has 0 aliphatic heterocycles. The smallest absolute Gasteiger partial charge is 0.231 e. The fourth-order valence-corrected chi connectivity index (χ4v) is 3.69. The summed E-state index contributed by atoms with van der Waals surface area (Å²) in [6, 6.07) is 10.2. The third-order valence-corrected chi connectivity index (χ3v) is 5.27.